The largest absolute Gasteiger partial charge is 0.246 e. The highest BCUT2D eigenvalue weighted by Gasteiger charge is 2.33. The first-order valence-corrected chi connectivity index (χ1v) is 11.5. The summed E-state index contributed by atoms with van der Waals surface area (Å²) in [7, 11) is -8.05. The molecule has 6 nitrogen and oxygen atoms in total. The molecule has 152 valence electrons. The minimum absolute atomic E-state index is 0.0121. The second kappa shape index (κ2) is 7.86. The zero-order chi connectivity index (χ0) is 20.5. The summed E-state index contributed by atoms with van der Waals surface area (Å²) in [5.41, 5.74) is 0.921. The maximum absolute atomic E-state index is 14.0. The molecule has 1 saturated heterocycles. The summed E-state index contributed by atoms with van der Waals surface area (Å²) in [6.45, 7) is 1.76. The Bertz CT molecular complexity index is 1070. The highest BCUT2D eigenvalue weighted by molar-refractivity contribution is 7.89. The van der Waals surface area contributed by atoms with E-state index in [1.165, 1.54) is 16.4 Å². The summed E-state index contributed by atoms with van der Waals surface area (Å²) in [5, 5.41) is 0. The van der Waals surface area contributed by atoms with Crippen molar-refractivity contribution in [3.05, 3.63) is 59.7 Å². The summed E-state index contributed by atoms with van der Waals surface area (Å²) in [4.78, 5) is -0.618. The van der Waals surface area contributed by atoms with Crippen molar-refractivity contribution < 1.29 is 25.6 Å². The highest BCUT2D eigenvalue weighted by atomic mass is 32.2. The molecule has 1 aliphatic heterocycles. The first kappa shape index (κ1) is 20.8. The number of aryl methyl sites for hydroxylation is 1. The maximum Gasteiger partial charge on any atom is 0.246 e. The summed E-state index contributed by atoms with van der Waals surface area (Å²) in [5.74, 6) is -1.91. The van der Waals surface area contributed by atoms with Crippen LogP contribution < -0.4 is 0 Å². The van der Waals surface area contributed by atoms with Crippen LogP contribution >= 0.6 is 0 Å². The molecule has 0 N–H and O–H groups in total. The van der Waals surface area contributed by atoms with Gasteiger partial charge in [-0.25, -0.2) is 25.6 Å². The van der Waals surface area contributed by atoms with Crippen molar-refractivity contribution in [1.29, 1.82) is 0 Å². The van der Waals surface area contributed by atoms with E-state index < -0.39 is 36.6 Å². The predicted octanol–water partition coefficient (Wildman–Crippen LogP) is 2.36. The van der Waals surface area contributed by atoms with E-state index in [0.29, 0.717) is 6.07 Å². The van der Waals surface area contributed by atoms with E-state index in [4.69, 9.17) is 0 Å². The van der Waals surface area contributed by atoms with Crippen LogP contribution in [0.2, 0.25) is 0 Å². The van der Waals surface area contributed by atoms with E-state index in [1.807, 2.05) is 6.92 Å². The Morgan fingerprint density at radius 1 is 0.786 bits per heavy atom. The van der Waals surface area contributed by atoms with Crippen molar-refractivity contribution >= 4 is 20.0 Å². The van der Waals surface area contributed by atoms with E-state index in [0.717, 1.165) is 22.0 Å². The van der Waals surface area contributed by atoms with Crippen molar-refractivity contribution in [2.24, 2.45) is 0 Å². The molecule has 10 heteroatoms. The van der Waals surface area contributed by atoms with Gasteiger partial charge in [-0.3, -0.25) is 0 Å². The third-order valence-electron chi connectivity index (χ3n) is 4.58. The smallest absolute Gasteiger partial charge is 0.207 e. The fraction of sp³-hybridized carbons (Fsp3) is 0.333. The summed E-state index contributed by atoms with van der Waals surface area (Å²) in [6.07, 6.45) is 0.237. The van der Waals surface area contributed by atoms with Crippen LogP contribution in [0.4, 0.5) is 8.78 Å². The fourth-order valence-corrected chi connectivity index (χ4v) is 6.04. The quantitative estimate of drug-likeness (QED) is 0.746. The molecule has 1 aliphatic rings. The molecule has 0 amide bonds. The summed E-state index contributed by atoms with van der Waals surface area (Å²) in [6, 6.07) is 8.62. The van der Waals surface area contributed by atoms with Gasteiger partial charge >= 0.3 is 0 Å². The van der Waals surface area contributed by atoms with E-state index in [9.17, 15) is 25.6 Å². The lowest BCUT2D eigenvalue weighted by atomic mass is 10.2. The minimum Gasteiger partial charge on any atom is -0.207 e. The number of hydrogen-bond donors (Lipinski definition) is 0. The molecule has 2 aromatic carbocycles. The van der Waals surface area contributed by atoms with Gasteiger partial charge in [-0.1, -0.05) is 17.7 Å². The molecule has 1 fully saturated rings. The predicted molar refractivity (Wildman–Crippen MR) is 99.7 cm³/mol. The first-order chi connectivity index (χ1) is 13.1. The van der Waals surface area contributed by atoms with Crippen molar-refractivity contribution in [2.75, 3.05) is 26.2 Å². The Balaban J connectivity index is 1.83. The van der Waals surface area contributed by atoms with E-state index in [1.54, 1.807) is 12.1 Å². The molecule has 3 rings (SSSR count). The van der Waals surface area contributed by atoms with Crippen LogP contribution in [-0.4, -0.2) is 51.6 Å². The van der Waals surface area contributed by atoms with Gasteiger partial charge in [-0.05, 0) is 43.7 Å². The molecule has 28 heavy (non-hydrogen) atoms. The minimum atomic E-state index is -4.28. The Morgan fingerprint density at radius 2 is 1.36 bits per heavy atom. The SMILES string of the molecule is Cc1ccc(S(=O)(=O)N2CCCN(S(=O)(=O)c3cc(F)ccc3F)CC2)cc1. The third kappa shape index (κ3) is 4.09. The van der Waals surface area contributed by atoms with Crippen LogP contribution in [0.15, 0.2) is 52.3 Å². The topological polar surface area (TPSA) is 74.8 Å². The molecule has 0 unspecified atom stereocenters. The Hall–Kier alpha value is -1.88. The lowest BCUT2D eigenvalue weighted by molar-refractivity contribution is 0.402. The summed E-state index contributed by atoms with van der Waals surface area (Å²) < 4.78 is 80.7. The monoisotopic (exact) mass is 430 g/mol. The lowest BCUT2D eigenvalue weighted by Gasteiger charge is -2.22. The van der Waals surface area contributed by atoms with Crippen LogP contribution in [0.5, 0.6) is 0 Å². The summed E-state index contributed by atoms with van der Waals surface area (Å²) >= 11 is 0. The number of hydrogen-bond acceptors (Lipinski definition) is 4. The van der Waals surface area contributed by atoms with Gasteiger partial charge in [0.1, 0.15) is 16.5 Å². The van der Waals surface area contributed by atoms with Crippen molar-refractivity contribution in [3.8, 4) is 0 Å². The second-order valence-corrected chi connectivity index (χ2v) is 10.4. The molecule has 0 saturated carbocycles. The van der Waals surface area contributed by atoms with Crippen LogP contribution in [0.25, 0.3) is 0 Å². The van der Waals surface area contributed by atoms with Crippen molar-refractivity contribution in [1.82, 2.24) is 8.61 Å². The number of halogens is 2. The molecular weight excluding hydrogens is 410 g/mol. The van der Waals surface area contributed by atoms with Crippen LogP contribution in [0.3, 0.4) is 0 Å². The van der Waals surface area contributed by atoms with Crippen LogP contribution in [-0.2, 0) is 20.0 Å². The van der Waals surface area contributed by atoms with Gasteiger partial charge in [0.15, 0.2) is 0 Å². The van der Waals surface area contributed by atoms with E-state index >= 15 is 0 Å². The van der Waals surface area contributed by atoms with E-state index in [-0.39, 0.29) is 37.5 Å². The molecule has 0 aliphatic carbocycles. The molecule has 1 heterocycles. The fourth-order valence-electron chi connectivity index (χ4n) is 3.02. The van der Waals surface area contributed by atoms with Gasteiger partial charge in [0.2, 0.25) is 20.0 Å². The Labute approximate surface area is 163 Å². The van der Waals surface area contributed by atoms with Crippen molar-refractivity contribution in [2.45, 2.75) is 23.1 Å². The van der Waals surface area contributed by atoms with Gasteiger partial charge in [0.05, 0.1) is 4.90 Å². The number of benzene rings is 2. The zero-order valence-electron chi connectivity index (χ0n) is 15.2. The van der Waals surface area contributed by atoms with Crippen LogP contribution in [0.1, 0.15) is 12.0 Å². The van der Waals surface area contributed by atoms with Gasteiger partial charge in [0, 0.05) is 26.2 Å². The van der Waals surface area contributed by atoms with Gasteiger partial charge in [-0.15, -0.1) is 0 Å². The standard InChI is InChI=1S/C18H20F2N2O4S2/c1-14-3-6-16(7-4-14)27(23,24)21-9-2-10-22(12-11-21)28(25,26)18-13-15(19)5-8-17(18)20/h3-8,13H,2,9-12H2,1H3. The van der Waals surface area contributed by atoms with Crippen molar-refractivity contribution in [3.63, 3.8) is 0 Å². The highest BCUT2D eigenvalue weighted by Crippen LogP contribution is 2.24. The zero-order valence-corrected chi connectivity index (χ0v) is 16.8. The number of nitrogens with zero attached hydrogens (tertiary/aromatic N) is 2. The molecule has 0 aromatic heterocycles. The van der Waals surface area contributed by atoms with E-state index in [2.05, 4.69) is 0 Å². The maximum atomic E-state index is 14.0. The van der Waals surface area contributed by atoms with Crippen LogP contribution in [0, 0.1) is 18.6 Å². The number of sulfonamides is 2. The first-order valence-electron chi connectivity index (χ1n) is 8.64. The third-order valence-corrected chi connectivity index (χ3v) is 8.41. The molecule has 0 bridgehead atoms. The normalized spacial score (nSPS) is 17.4. The average molecular weight is 430 g/mol. The molecular formula is C18H20F2N2O4S2. The lowest BCUT2D eigenvalue weighted by Crippen LogP contribution is -2.37. The molecule has 0 atom stereocenters. The van der Waals surface area contributed by atoms with Gasteiger partial charge in [0.25, 0.3) is 0 Å². The van der Waals surface area contributed by atoms with Gasteiger partial charge in [-0.2, -0.15) is 8.61 Å². The molecule has 0 spiro atoms. The molecule has 2 aromatic rings. The molecule has 0 radical (unpaired) electrons. The van der Waals surface area contributed by atoms with Gasteiger partial charge < -0.3 is 0 Å². The Kier molecular flexibility index (Phi) is 5.85. The Morgan fingerprint density at radius 3 is 1.96 bits per heavy atom. The second-order valence-electron chi connectivity index (χ2n) is 6.55. The average Bonchev–Trinajstić information content (AvgIpc) is 2.91. The number of rotatable bonds is 4.